The van der Waals surface area contributed by atoms with Crippen LogP contribution < -0.4 is 5.73 Å². The quantitative estimate of drug-likeness (QED) is 0.913. The maximum Gasteiger partial charge on any atom is 0.201 e. The molecular weight excluding hydrogens is 266 g/mol. The summed E-state index contributed by atoms with van der Waals surface area (Å²) in [7, 11) is 0. The molecule has 3 rings (SSSR count). The third kappa shape index (κ3) is 2.68. The molecule has 1 saturated heterocycles. The van der Waals surface area contributed by atoms with E-state index in [1.54, 1.807) is 18.2 Å². The first kappa shape index (κ1) is 12.3. The fourth-order valence-corrected chi connectivity index (χ4v) is 1.99. The van der Waals surface area contributed by atoms with E-state index in [0.29, 0.717) is 35.6 Å². The Morgan fingerprint density at radius 1 is 1.11 bits per heavy atom. The Morgan fingerprint density at radius 2 is 1.79 bits per heavy atom. The van der Waals surface area contributed by atoms with Gasteiger partial charge in [-0.25, -0.2) is 9.97 Å². The number of halogens is 1. The first-order chi connectivity index (χ1) is 9.22. The molecule has 0 atom stereocenters. The molecule has 6 heteroatoms. The van der Waals surface area contributed by atoms with Crippen LogP contribution in [0.3, 0.4) is 0 Å². The summed E-state index contributed by atoms with van der Waals surface area (Å²) in [5.41, 5.74) is 7.28. The minimum absolute atomic E-state index is 0.383. The highest BCUT2D eigenvalue weighted by Crippen LogP contribution is 2.25. The summed E-state index contributed by atoms with van der Waals surface area (Å²) in [6.07, 6.45) is -0.462. The fraction of sp³-hybridized carbons (Fsp3) is 0.231. The largest absolute Gasteiger partial charge is 0.384 e. The van der Waals surface area contributed by atoms with Crippen molar-refractivity contribution in [3.63, 3.8) is 0 Å². The van der Waals surface area contributed by atoms with E-state index in [9.17, 15) is 0 Å². The number of nitrogens with zero attached hydrogens (tertiary/aromatic N) is 2. The van der Waals surface area contributed by atoms with Crippen molar-refractivity contribution in [2.24, 2.45) is 0 Å². The average Bonchev–Trinajstić information content (AvgIpc) is 2.93. The Morgan fingerprint density at radius 3 is 2.47 bits per heavy atom. The number of rotatable bonds is 2. The van der Waals surface area contributed by atoms with E-state index in [4.69, 9.17) is 26.8 Å². The van der Waals surface area contributed by atoms with E-state index in [1.807, 2.05) is 12.1 Å². The van der Waals surface area contributed by atoms with Crippen LogP contribution in [0.25, 0.3) is 11.4 Å². The van der Waals surface area contributed by atoms with E-state index in [-0.39, 0.29) is 0 Å². The smallest absolute Gasteiger partial charge is 0.201 e. The predicted molar refractivity (Wildman–Crippen MR) is 71.5 cm³/mol. The van der Waals surface area contributed by atoms with Gasteiger partial charge in [-0.15, -0.1) is 0 Å². The number of anilines is 1. The van der Waals surface area contributed by atoms with Crippen LogP contribution in [-0.2, 0) is 9.47 Å². The van der Waals surface area contributed by atoms with Crippen LogP contribution in [0.4, 0.5) is 5.82 Å². The van der Waals surface area contributed by atoms with Crippen molar-refractivity contribution < 1.29 is 9.47 Å². The van der Waals surface area contributed by atoms with Crippen molar-refractivity contribution in [2.75, 3.05) is 18.9 Å². The summed E-state index contributed by atoms with van der Waals surface area (Å²) >= 11 is 5.86. The lowest BCUT2D eigenvalue weighted by Crippen LogP contribution is -2.06. The molecule has 5 nitrogen and oxygen atoms in total. The molecule has 98 valence electrons. The Bertz CT molecular complexity index is 583. The molecule has 2 aromatic rings. The standard InChI is InChI=1S/C13H12ClN3O2/c14-9-3-1-8(2-4-9)12-16-10(7-11(15)17-12)13-18-5-6-19-13/h1-4,7,13H,5-6H2,(H2,15,16,17). The number of nitrogens with two attached hydrogens (primary N) is 1. The third-order valence-electron chi connectivity index (χ3n) is 2.73. The lowest BCUT2D eigenvalue weighted by Gasteiger charge is -2.10. The Hall–Kier alpha value is -1.69. The van der Waals surface area contributed by atoms with Gasteiger partial charge in [0.2, 0.25) is 6.29 Å². The van der Waals surface area contributed by atoms with Gasteiger partial charge in [0.15, 0.2) is 5.82 Å². The second-order valence-corrected chi connectivity index (χ2v) is 4.56. The normalized spacial score (nSPS) is 15.8. The zero-order chi connectivity index (χ0) is 13.2. The second-order valence-electron chi connectivity index (χ2n) is 4.12. The van der Waals surface area contributed by atoms with Crippen molar-refractivity contribution in [1.29, 1.82) is 0 Å². The van der Waals surface area contributed by atoms with E-state index in [2.05, 4.69) is 9.97 Å². The highest BCUT2D eigenvalue weighted by Gasteiger charge is 2.21. The summed E-state index contributed by atoms with van der Waals surface area (Å²) in [6, 6.07) is 8.92. The van der Waals surface area contributed by atoms with Gasteiger partial charge in [-0.3, -0.25) is 0 Å². The maximum absolute atomic E-state index is 5.86. The molecule has 0 radical (unpaired) electrons. The molecule has 0 amide bonds. The number of ether oxygens (including phenoxy) is 2. The fourth-order valence-electron chi connectivity index (χ4n) is 1.86. The van der Waals surface area contributed by atoms with Crippen molar-refractivity contribution in [3.05, 3.63) is 41.0 Å². The highest BCUT2D eigenvalue weighted by molar-refractivity contribution is 6.30. The number of benzene rings is 1. The molecule has 1 aromatic heterocycles. The van der Waals surface area contributed by atoms with Crippen LogP contribution in [0.5, 0.6) is 0 Å². The highest BCUT2D eigenvalue weighted by atomic mass is 35.5. The summed E-state index contributed by atoms with van der Waals surface area (Å²) in [6.45, 7) is 1.12. The lowest BCUT2D eigenvalue weighted by molar-refractivity contribution is -0.0472. The molecule has 2 heterocycles. The molecule has 1 aliphatic heterocycles. The van der Waals surface area contributed by atoms with Crippen molar-refractivity contribution in [3.8, 4) is 11.4 Å². The van der Waals surface area contributed by atoms with Gasteiger partial charge in [0.05, 0.1) is 13.2 Å². The van der Waals surface area contributed by atoms with Crippen LogP contribution >= 0.6 is 11.6 Å². The molecule has 19 heavy (non-hydrogen) atoms. The van der Waals surface area contributed by atoms with E-state index >= 15 is 0 Å². The molecule has 0 saturated carbocycles. The number of aromatic nitrogens is 2. The van der Waals surface area contributed by atoms with E-state index < -0.39 is 6.29 Å². The Labute approximate surface area is 115 Å². The number of hydrogen-bond acceptors (Lipinski definition) is 5. The summed E-state index contributed by atoms with van der Waals surface area (Å²) in [4.78, 5) is 8.65. The first-order valence-corrected chi connectivity index (χ1v) is 6.24. The van der Waals surface area contributed by atoms with Gasteiger partial charge in [-0.05, 0) is 24.3 Å². The summed E-state index contributed by atoms with van der Waals surface area (Å²) in [5.74, 6) is 0.916. The van der Waals surface area contributed by atoms with Crippen LogP contribution in [0.2, 0.25) is 5.02 Å². The third-order valence-corrected chi connectivity index (χ3v) is 2.98. The minimum atomic E-state index is -0.462. The minimum Gasteiger partial charge on any atom is -0.384 e. The van der Waals surface area contributed by atoms with Gasteiger partial charge >= 0.3 is 0 Å². The summed E-state index contributed by atoms with van der Waals surface area (Å²) < 4.78 is 10.8. The van der Waals surface area contributed by atoms with Crippen molar-refractivity contribution in [1.82, 2.24) is 9.97 Å². The molecule has 0 bridgehead atoms. The first-order valence-electron chi connectivity index (χ1n) is 5.86. The SMILES string of the molecule is Nc1cc(C2OCCO2)nc(-c2ccc(Cl)cc2)n1. The lowest BCUT2D eigenvalue weighted by atomic mass is 10.2. The maximum atomic E-state index is 5.86. The van der Waals surface area contributed by atoms with Crippen molar-refractivity contribution in [2.45, 2.75) is 6.29 Å². The number of nitrogen functional groups attached to an aromatic ring is 1. The molecule has 0 unspecified atom stereocenters. The van der Waals surface area contributed by atoms with Gasteiger partial charge in [0.1, 0.15) is 11.5 Å². The van der Waals surface area contributed by atoms with Crippen molar-refractivity contribution >= 4 is 17.4 Å². The van der Waals surface area contributed by atoms with Crippen LogP contribution in [0, 0.1) is 0 Å². The van der Waals surface area contributed by atoms with Gasteiger partial charge in [-0.2, -0.15) is 0 Å². The Kier molecular flexibility index (Phi) is 3.33. The van der Waals surface area contributed by atoms with Crippen LogP contribution in [0.15, 0.2) is 30.3 Å². The average molecular weight is 278 g/mol. The van der Waals surface area contributed by atoms with Gasteiger partial charge < -0.3 is 15.2 Å². The van der Waals surface area contributed by atoms with Gasteiger partial charge in [0, 0.05) is 16.7 Å². The topological polar surface area (TPSA) is 70.3 Å². The van der Waals surface area contributed by atoms with E-state index in [1.165, 1.54) is 0 Å². The molecule has 0 aliphatic carbocycles. The molecule has 2 N–H and O–H groups in total. The zero-order valence-corrected chi connectivity index (χ0v) is 10.8. The molecule has 1 aromatic carbocycles. The molecule has 0 spiro atoms. The predicted octanol–water partition coefficient (Wildman–Crippen LogP) is 2.42. The monoisotopic (exact) mass is 277 g/mol. The Balaban J connectivity index is 1.99. The van der Waals surface area contributed by atoms with Crippen LogP contribution in [-0.4, -0.2) is 23.2 Å². The summed E-state index contributed by atoms with van der Waals surface area (Å²) in [5, 5.41) is 0.662. The zero-order valence-electron chi connectivity index (χ0n) is 10.0. The van der Waals surface area contributed by atoms with Gasteiger partial charge in [0.25, 0.3) is 0 Å². The van der Waals surface area contributed by atoms with E-state index in [0.717, 1.165) is 5.56 Å². The molecular formula is C13H12ClN3O2. The number of hydrogen-bond donors (Lipinski definition) is 1. The van der Waals surface area contributed by atoms with Gasteiger partial charge in [-0.1, -0.05) is 11.6 Å². The van der Waals surface area contributed by atoms with Crippen LogP contribution in [0.1, 0.15) is 12.0 Å². The molecule has 1 aliphatic rings. The molecule has 1 fully saturated rings. The second kappa shape index (κ2) is 5.13.